The average Bonchev–Trinajstić information content (AvgIpc) is 2.79. The van der Waals surface area contributed by atoms with Crippen LogP contribution in [0.5, 0.6) is 0 Å². The van der Waals surface area contributed by atoms with Gasteiger partial charge in [0, 0.05) is 20.2 Å². The third-order valence-corrected chi connectivity index (χ3v) is 7.31. The van der Waals surface area contributed by atoms with Crippen LogP contribution in [-0.2, 0) is 0 Å². The van der Waals surface area contributed by atoms with Gasteiger partial charge in [0.25, 0.3) is 0 Å². The quantitative estimate of drug-likeness (QED) is 0.260. The first-order valence-corrected chi connectivity index (χ1v) is 11.9. The van der Waals surface area contributed by atoms with Crippen LogP contribution in [-0.4, -0.2) is 0 Å². The van der Waals surface area contributed by atoms with Gasteiger partial charge >= 0.3 is 0 Å². The Morgan fingerprint density at radius 3 is 1.94 bits per heavy atom. The summed E-state index contributed by atoms with van der Waals surface area (Å²) in [5, 5.41) is 1.65. The van der Waals surface area contributed by atoms with Crippen LogP contribution in [0, 0.1) is 13.8 Å². The molecular weight excluding hydrogens is 408 g/mol. The van der Waals surface area contributed by atoms with Crippen molar-refractivity contribution in [1.82, 2.24) is 0 Å². The van der Waals surface area contributed by atoms with Gasteiger partial charge < -0.3 is 0 Å². The summed E-state index contributed by atoms with van der Waals surface area (Å²) in [6.45, 7) is 8.67. The second kappa shape index (κ2) is 8.03. The molecule has 4 aromatic carbocycles. The van der Waals surface area contributed by atoms with Gasteiger partial charge in [0.15, 0.2) is 5.43 Å². The van der Waals surface area contributed by atoms with Gasteiger partial charge in [-0.05, 0) is 65.8 Å². The molecule has 0 unspecified atom stereocenters. The van der Waals surface area contributed by atoms with Crippen LogP contribution >= 0.6 is 11.3 Å². The Bertz CT molecular complexity index is 1500. The van der Waals surface area contributed by atoms with E-state index in [2.05, 4.69) is 82.3 Å². The van der Waals surface area contributed by atoms with Crippen molar-refractivity contribution in [3.05, 3.63) is 106 Å². The van der Waals surface area contributed by atoms with E-state index in [-0.39, 0.29) is 11.3 Å². The van der Waals surface area contributed by atoms with Crippen LogP contribution in [0.2, 0.25) is 0 Å². The first-order valence-electron chi connectivity index (χ1n) is 11.1. The van der Waals surface area contributed by atoms with Gasteiger partial charge in [-0.3, -0.25) is 4.79 Å². The fourth-order valence-electron chi connectivity index (χ4n) is 4.57. The molecule has 5 rings (SSSR count). The van der Waals surface area contributed by atoms with E-state index in [1.165, 1.54) is 27.8 Å². The molecule has 2 heteroatoms. The van der Waals surface area contributed by atoms with Crippen LogP contribution in [0.4, 0.5) is 0 Å². The summed E-state index contributed by atoms with van der Waals surface area (Å²) in [6.07, 6.45) is 0. The fraction of sp³-hybridized carbons (Fsp3) is 0.167. The van der Waals surface area contributed by atoms with Gasteiger partial charge in [-0.15, -0.1) is 11.3 Å². The monoisotopic (exact) mass is 434 g/mol. The molecule has 158 valence electrons. The topological polar surface area (TPSA) is 17.1 Å². The molecule has 0 spiro atoms. The van der Waals surface area contributed by atoms with Gasteiger partial charge in [-0.2, -0.15) is 0 Å². The van der Waals surface area contributed by atoms with E-state index in [4.69, 9.17) is 0 Å². The van der Waals surface area contributed by atoms with Crippen molar-refractivity contribution in [2.24, 2.45) is 0 Å². The van der Waals surface area contributed by atoms with E-state index in [0.717, 1.165) is 31.3 Å². The Balaban J connectivity index is 2.00. The summed E-state index contributed by atoms with van der Waals surface area (Å²) < 4.78 is 2.08. The van der Waals surface area contributed by atoms with Crippen LogP contribution in [0.15, 0.2) is 83.7 Å². The third kappa shape index (κ3) is 3.45. The molecule has 0 saturated heterocycles. The van der Waals surface area contributed by atoms with Gasteiger partial charge in [-0.1, -0.05) is 85.6 Å². The summed E-state index contributed by atoms with van der Waals surface area (Å²) in [5.41, 5.74) is 8.44. The van der Waals surface area contributed by atoms with E-state index >= 15 is 0 Å². The van der Waals surface area contributed by atoms with Gasteiger partial charge in [0.1, 0.15) is 0 Å². The molecule has 0 N–H and O–H groups in total. The Hall–Kier alpha value is -3.23. The van der Waals surface area contributed by atoms with E-state index < -0.39 is 0 Å². The minimum atomic E-state index is 0.127. The van der Waals surface area contributed by atoms with Crippen LogP contribution < -0.4 is 5.43 Å². The third-order valence-electron chi connectivity index (χ3n) is 6.19. The standard InChI is InChI=1S/C30H26OS/c1-18(2)27-24(21-13-9-19(3)10-14-21)17-26-29(28(27)22-15-11-20(4)12-16-22)30(31)23-7-5-6-8-25(23)32-26/h5-18H,1-4H3. The largest absolute Gasteiger partial charge is 0.288 e. The number of hydrogen-bond acceptors (Lipinski definition) is 2. The molecule has 0 fully saturated rings. The summed E-state index contributed by atoms with van der Waals surface area (Å²) >= 11 is 1.71. The molecule has 5 aromatic rings. The predicted molar refractivity (Wildman–Crippen MR) is 140 cm³/mol. The van der Waals surface area contributed by atoms with Crippen LogP contribution in [0.3, 0.4) is 0 Å². The highest BCUT2D eigenvalue weighted by molar-refractivity contribution is 7.24. The molecule has 0 aliphatic rings. The van der Waals surface area contributed by atoms with E-state index in [1.54, 1.807) is 11.3 Å². The number of hydrogen-bond donors (Lipinski definition) is 0. The normalized spacial score (nSPS) is 11.5. The highest BCUT2D eigenvalue weighted by Crippen LogP contribution is 2.43. The Morgan fingerprint density at radius 2 is 1.31 bits per heavy atom. The molecule has 1 heterocycles. The molecule has 0 amide bonds. The van der Waals surface area contributed by atoms with Gasteiger partial charge in [0.05, 0.1) is 0 Å². The van der Waals surface area contributed by atoms with E-state index in [1.807, 2.05) is 24.3 Å². The van der Waals surface area contributed by atoms with Crippen molar-refractivity contribution < 1.29 is 0 Å². The minimum Gasteiger partial charge on any atom is -0.288 e. The number of rotatable bonds is 3. The van der Waals surface area contributed by atoms with Crippen molar-refractivity contribution in [2.75, 3.05) is 0 Å². The van der Waals surface area contributed by atoms with Gasteiger partial charge in [-0.25, -0.2) is 0 Å². The minimum absolute atomic E-state index is 0.127. The lowest BCUT2D eigenvalue weighted by Crippen LogP contribution is -2.07. The summed E-state index contributed by atoms with van der Waals surface area (Å²) in [7, 11) is 0. The maximum Gasteiger partial charge on any atom is 0.196 e. The highest BCUT2D eigenvalue weighted by atomic mass is 32.1. The molecule has 0 aliphatic heterocycles. The number of fused-ring (bicyclic) bond motifs is 2. The number of benzene rings is 4. The van der Waals surface area contributed by atoms with Crippen molar-refractivity contribution >= 4 is 31.5 Å². The molecule has 0 radical (unpaired) electrons. The summed E-state index contributed by atoms with van der Waals surface area (Å²) in [6, 6.07) is 27.5. The number of aryl methyl sites for hydroxylation is 2. The Kier molecular flexibility index (Phi) is 5.19. The van der Waals surface area contributed by atoms with Crippen LogP contribution in [0.1, 0.15) is 36.5 Å². The molecule has 0 aliphatic carbocycles. The van der Waals surface area contributed by atoms with Crippen molar-refractivity contribution in [2.45, 2.75) is 33.6 Å². The predicted octanol–water partition coefficient (Wildman–Crippen LogP) is 8.49. The lowest BCUT2D eigenvalue weighted by atomic mass is 9.83. The summed E-state index contributed by atoms with van der Waals surface area (Å²) in [5.74, 6) is 0.267. The smallest absolute Gasteiger partial charge is 0.196 e. The Labute approximate surface area is 193 Å². The molecule has 0 bridgehead atoms. The van der Waals surface area contributed by atoms with Crippen molar-refractivity contribution in [3.8, 4) is 22.3 Å². The lowest BCUT2D eigenvalue weighted by Gasteiger charge is -2.21. The molecule has 1 nitrogen and oxygen atoms in total. The van der Waals surface area contributed by atoms with E-state index in [0.29, 0.717) is 0 Å². The molecule has 1 aromatic heterocycles. The fourth-order valence-corrected chi connectivity index (χ4v) is 5.70. The maximum atomic E-state index is 13.8. The van der Waals surface area contributed by atoms with Crippen molar-refractivity contribution in [3.63, 3.8) is 0 Å². The van der Waals surface area contributed by atoms with Gasteiger partial charge in [0.2, 0.25) is 0 Å². The highest BCUT2D eigenvalue weighted by Gasteiger charge is 2.22. The zero-order valence-corrected chi connectivity index (χ0v) is 19.7. The molecular formula is C30H26OS. The maximum absolute atomic E-state index is 13.8. The average molecular weight is 435 g/mol. The Morgan fingerprint density at radius 1 is 0.719 bits per heavy atom. The zero-order valence-electron chi connectivity index (χ0n) is 18.9. The van der Waals surface area contributed by atoms with Crippen molar-refractivity contribution in [1.29, 1.82) is 0 Å². The van der Waals surface area contributed by atoms with E-state index in [9.17, 15) is 4.79 Å². The zero-order chi connectivity index (χ0) is 22.4. The van der Waals surface area contributed by atoms with Crippen LogP contribution in [0.25, 0.3) is 42.4 Å². The lowest BCUT2D eigenvalue weighted by molar-refractivity contribution is 0.873. The molecule has 0 atom stereocenters. The second-order valence-electron chi connectivity index (χ2n) is 8.90. The summed E-state index contributed by atoms with van der Waals surface area (Å²) in [4.78, 5) is 13.8. The SMILES string of the molecule is Cc1ccc(-c2cc3sc4ccccc4c(=O)c3c(-c3ccc(C)cc3)c2C(C)C)cc1. The first kappa shape index (κ1) is 20.7. The second-order valence-corrected chi connectivity index (χ2v) is 9.98. The molecule has 32 heavy (non-hydrogen) atoms. The molecule has 0 saturated carbocycles. The first-order chi connectivity index (χ1) is 15.4.